The first-order chi connectivity index (χ1) is 11.0. The van der Waals surface area contributed by atoms with Gasteiger partial charge in [0.2, 0.25) is 0 Å². The molecule has 1 heterocycles. The molecule has 0 spiro atoms. The summed E-state index contributed by atoms with van der Waals surface area (Å²) in [5.74, 6) is 2.48. The molecule has 0 aliphatic carbocycles. The number of aryl methyl sites for hydroxylation is 1. The van der Waals surface area contributed by atoms with Gasteiger partial charge in [-0.25, -0.2) is 0 Å². The third-order valence-corrected chi connectivity index (χ3v) is 3.40. The van der Waals surface area contributed by atoms with Gasteiger partial charge in [-0.05, 0) is 37.8 Å². The Morgan fingerprint density at radius 3 is 2.43 bits per heavy atom. The fourth-order valence-corrected chi connectivity index (χ4v) is 2.12. The molecule has 1 unspecified atom stereocenters. The van der Waals surface area contributed by atoms with Crippen LogP contribution in [0.1, 0.15) is 38.1 Å². The summed E-state index contributed by atoms with van der Waals surface area (Å²) in [5, 5.41) is 13.8. The van der Waals surface area contributed by atoms with E-state index in [0.29, 0.717) is 23.2 Å². The number of ether oxygens (including phenoxy) is 2. The van der Waals surface area contributed by atoms with Crippen molar-refractivity contribution in [3.63, 3.8) is 0 Å². The monoisotopic (exact) mass is 319 g/mol. The molecule has 23 heavy (non-hydrogen) atoms. The lowest BCUT2D eigenvalue weighted by atomic mass is 10.1. The lowest BCUT2D eigenvalue weighted by Crippen LogP contribution is -2.18. The molecule has 0 aliphatic heterocycles. The van der Waals surface area contributed by atoms with E-state index in [-0.39, 0.29) is 13.2 Å². The minimum atomic E-state index is -0.470. The van der Waals surface area contributed by atoms with Crippen LogP contribution in [0.15, 0.2) is 34.9 Å². The average molecular weight is 319 g/mol. The highest BCUT2D eigenvalue weighted by atomic mass is 16.5. The van der Waals surface area contributed by atoms with Crippen LogP contribution >= 0.6 is 0 Å². The molecule has 1 atom stereocenters. The summed E-state index contributed by atoms with van der Waals surface area (Å²) >= 11 is 0. The highest BCUT2D eigenvalue weighted by Gasteiger charge is 2.10. The molecule has 1 N–H and O–H groups in total. The van der Waals surface area contributed by atoms with Crippen LogP contribution in [-0.2, 0) is 6.61 Å². The highest BCUT2D eigenvalue weighted by Crippen LogP contribution is 2.27. The van der Waals surface area contributed by atoms with Crippen molar-refractivity contribution in [2.75, 3.05) is 6.61 Å². The van der Waals surface area contributed by atoms with Gasteiger partial charge in [-0.2, -0.15) is 0 Å². The summed E-state index contributed by atoms with van der Waals surface area (Å²) in [4.78, 5) is 0. The Kier molecular flexibility index (Phi) is 6.47. The van der Waals surface area contributed by atoms with Gasteiger partial charge in [0.05, 0.1) is 11.8 Å². The van der Waals surface area contributed by atoms with Crippen LogP contribution < -0.4 is 9.47 Å². The second-order valence-corrected chi connectivity index (χ2v) is 6.11. The van der Waals surface area contributed by atoms with E-state index in [1.165, 1.54) is 0 Å². The predicted octanol–water partition coefficient (Wildman–Crippen LogP) is 3.74. The van der Waals surface area contributed by atoms with Crippen LogP contribution in [0.3, 0.4) is 0 Å². The minimum absolute atomic E-state index is 0.258. The van der Waals surface area contributed by atoms with Crippen LogP contribution in [0.2, 0.25) is 0 Å². The first-order valence-electron chi connectivity index (χ1n) is 7.99. The Hall–Kier alpha value is -2.01. The summed E-state index contributed by atoms with van der Waals surface area (Å²) in [6, 6.07) is 9.25. The lowest BCUT2D eigenvalue weighted by molar-refractivity contribution is 0.0925. The number of aliphatic hydroxyl groups excluding tert-OH is 1. The molecule has 0 saturated carbocycles. The van der Waals surface area contributed by atoms with Crippen molar-refractivity contribution in [3.8, 4) is 11.5 Å². The zero-order valence-electron chi connectivity index (χ0n) is 14.0. The van der Waals surface area contributed by atoms with Crippen LogP contribution in [0.4, 0.5) is 0 Å². The molecule has 2 rings (SSSR count). The van der Waals surface area contributed by atoms with Gasteiger partial charge in [0.15, 0.2) is 17.3 Å². The zero-order valence-corrected chi connectivity index (χ0v) is 14.0. The maximum Gasteiger partial charge on any atom is 0.174 e. The Balaban J connectivity index is 1.87. The van der Waals surface area contributed by atoms with Crippen molar-refractivity contribution < 1.29 is 19.1 Å². The molecule has 1 aromatic heterocycles. The molecule has 0 amide bonds. The summed E-state index contributed by atoms with van der Waals surface area (Å²) in [6.45, 7) is 6.69. The predicted molar refractivity (Wildman–Crippen MR) is 87.6 cm³/mol. The van der Waals surface area contributed by atoms with Crippen molar-refractivity contribution in [2.24, 2.45) is 5.92 Å². The Labute approximate surface area is 137 Å². The Morgan fingerprint density at radius 1 is 1.13 bits per heavy atom. The van der Waals surface area contributed by atoms with E-state index in [1.54, 1.807) is 0 Å². The summed E-state index contributed by atoms with van der Waals surface area (Å²) in [7, 11) is 0. The van der Waals surface area contributed by atoms with E-state index in [0.717, 1.165) is 18.5 Å². The van der Waals surface area contributed by atoms with E-state index < -0.39 is 6.10 Å². The fourth-order valence-electron chi connectivity index (χ4n) is 2.12. The maximum absolute atomic E-state index is 9.97. The van der Waals surface area contributed by atoms with E-state index in [2.05, 4.69) is 19.0 Å². The van der Waals surface area contributed by atoms with Gasteiger partial charge in [-0.3, -0.25) is 0 Å². The van der Waals surface area contributed by atoms with Gasteiger partial charge >= 0.3 is 0 Å². The molecule has 0 fully saturated rings. The number of benzene rings is 1. The Bertz CT molecular complexity index is 594. The van der Waals surface area contributed by atoms with Crippen molar-refractivity contribution >= 4 is 0 Å². The smallest absolute Gasteiger partial charge is 0.174 e. The minimum Gasteiger partial charge on any atom is -0.487 e. The number of nitrogens with zero attached hydrogens (tertiary/aromatic N) is 1. The highest BCUT2D eigenvalue weighted by molar-refractivity contribution is 5.39. The van der Waals surface area contributed by atoms with E-state index in [9.17, 15) is 5.11 Å². The molecule has 1 aromatic carbocycles. The van der Waals surface area contributed by atoms with Crippen LogP contribution in [0, 0.1) is 12.8 Å². The number of aliphatic hydroxyl groups is 1. The molecular weight excluding hydrogens is 294 g/mol. The van der Waals surface area contributed by atoms with Crippen molar-refractivity contribution in [1.82, 2.24) is 5.16 Å². The summed E-state index contributed by atoms with van der Waals surface area (Å²) in [6.07, 6.45) is 1.24. The topological polar surface area (TPSA) is 64.7 Å². The normalized spacial score (nSPS) is 12.4. The van der Waals surface area contributed by atoms with Gasteiger partial charge in [-0.1, -0.05) is 31.1 Å². The molecular formula is C18H25NO4. The van der Waals surface area contributed by atoms with Crippen molar-refractivity contribution in [1.29, 1.82) is 0 Å². The van der Waals surface area contributed by atoms with Crippen molar-refractivity contribution in [2.45, 2.75) is 46.3 Å². The molecule has 0 bridgehead atoms. The SMILES string of the molecule is Cc1cc(COc2ccccc2OCC(O)CCC(C)C)on1. The number of para-hydroxylation sites is 2. The first kappa shape index (κ1) is 17.3. The Morgan fingerprint density at radius 2 is 1.83 bits per heavy atom. The van der Waals surface area contributed by atoms with Crippen LogP contribution in [-0.4, -0.2) is 23.0 Å². The third kappa shape index (κ3) is 5.94. The molecule has 126 valence electrons. The average Bonchev–Trinajstić information content (AvgIpc) is 2.95. The molecule has 0 saturated heterocycles. The van der Waals surface area contributed by atoms with Crippen LogP contribution in [0.25, 0.3) is 0 Å². The molecule has 2 aromatic rings. The first-order valence-corrected chi connectivity index (χ1v) is 7.99. The lowest BCUT2D eigenvalue weighted by Gasteiger charge is -2.15. The van der Waals surface area contributed by atoms with Gasteiger partial charge < -0.3 is 19.1 Å². The van der Waals surface area contributed by atoms with Gasteiger partial charge in [-0.15, -0.1) is 0 Å². The molecule has 5 nitrogen and oxygen atoms in total. The van der Waals surface area contributed by atoms with Crippen LogP contribution in [0.5, 0.6) is 11.5 Å². The summed E-state index contributed by atoms with van der Waals surface area (Å²) in [5.41, 5.74) is 0.821. The number of hydrogen-bond acceptors (Lipinski definition) is 5. The fraction of sp³-hybridized carbons (Fsp3) is 0.500. The number of aromatic nitrogens is 1. The van der Waals surface area contributed by atoms with E-state index >= 15 is 0 Å². The van der Waals surface area contributed by atoms with Gasteiger partial charge in [0.25, 0.3) is 0 Å². The quantitative estimate of drug-likeness (QED) is 0.763. The standard InChI is InChI=1S/C18H25NO4/c1-13(2)8-9-15(20)11-21-17-6-4-5-7-18(17)22-12-16-10-14(3)19-23-16/h4-7,10,13,15,20H,8-9,11-12H2,1-3H3. The second kappa shape index (κ2) is 8.58. The maximum atomic E-state index is 9.97. The van der Waals surface area contributed by atoms with Gasteiger partial charge in [0.1, 0.15) is 13.2 Å². The van der Waals surface area contributed by atoms with E-state index in [4.69, 9.17) is 14.0 Å². The van der Waals surface area contributed by atoms with Gasteiger partial charge in [0, 0.05) is 6.07 Å². The molecule has 0 radical (unpaired) electrons. The summed E-state index contributed by atoms with van der Waals surface area (Å²) < 4.78 is 16.6. The molecule has 0 aliphatic rings. The molecule has 5 heteroatoms. The zero-order chi connectivity index (χ0) is 16.7. The largest absolute Gasteiger partial charge is 0.487 e. The van der Waals surface area contributed by atoms with Crippen molar-refractivity contribution in [3.05, 3.63) is 41.8 Å². The second-order valence-electron chi connectivity index (χ2n) is 6.11. The number of rotatable bonds is 9. The van der Waals surface area contributed by atoms with E-state index in [1.807, 2.05) is 37.3 Å². The number of hydrogen-bond donors (Lipinski definition) is 1. The third-order valence-electron chi connectivity index (χ3n) is 3.40.